The van der Waals surface area contributed by atoms with Crippen molar-refractivity contribution in [3.05, 3.63) is 75.5 Å². The van der Waals surface area contributed by atoms with Gasteiger partial charge in [-0.05, 0) is 35.9 Å². The smallest absolute Gasteiger partial charge is 0.269 e. The van der Waals surface area contributed by atoms with Crippen molar-refractivity contribution in [2.24, 2.45) is 0 Å². The van der Waals surface area contributed by atoms with Crippen LogP contribution < -0.4 is 4.90 Å². The normalized spacial score (nSPS) is 14.9. The molecule has 23 heavy (non-hydrogen) atoms. The maximum Gasteiger partial charge on any atom is 0.269 e. The number of para-hydroxylation sites is 1. The monoisotopic (exact) mass is 308 g/mol. The lowest BCUT2D eigenvalue weighted by Gasteiger charge is -2.15. The highest BCUT2D eigenvalue weighted by Crippen LogP contribution is 2.35. The van der Waals surface area contributed by atoms with E-state index in [2.05, 4.69) is 0 Å². The minimum atomic E-state index is -0.491. The molecule has 3 rings (SSSR count). The van der Waals surface area contributed by atoms with Crippen LogP contribution in [0.4, 0.5) is 11.4 Å². The second kappa shape index (κ2) is 5.49. The van der Waals surface area contributed by atoms with Gasteiger partial charge in [0.05, 0.1) is 16.3 Å². The quantitative estimate of drug-likeness (QED) is 0.485. The SMILES string of the molecule is CC(=O)N1/C(=C/c2ccc([N+](=O)[O-])cc2)C(=O)c2ccccc21. The standard InChI is InChI=1S/C17H12N2O4/c1-11(20)18-15-5-3-2-4-14(15)17(21)16(18)10-12-6-8-13(9-7-12)19(22)23/h2-10H,1H3/b16-10+. The molecule has 0 aliphatic carbocycles. The number of allylic oxidation sites excluding steroid dienone is 1. The van der Waals surface area contributed by atoms with Crippen molar-refractivity contribution in [3.8, 4) is 0 Å². The van der Waals surface area contributed by atoms with E-state index in [1.54, 1.807) is 42.5 Å². The number of amides is 1. The summed E-state index contributed by atoms with van der Waals surface area (Å²) in [7, 11) is 0. The highest BCUT2D eigenvalue weighted by molar-refractivity contribution is 6.26. The Labute approximate surface area is 131 Å². The Morgan fingerprint density at radius 2 is 1.78 bits per heavy atom. The van der Waals surface area contributed by atoms with Crippen LogP contribution in [-0.4, -0.2) is 16.6 Å². The van der Waals surface area contributed by atoms with E-state index in [0.717, 1.165) is 0 Å². The molecule has 0 saturated heterocycles. The number of rotatable bonds is 2. The van der Waals surface area contributed by atoms with Crippen LogP contribution in [0.15, 0.2) is 54.2 Å². The van der Waals surface area contributed by atoms with Gasteiger partial charge in [0, 0.05) is 24.6 Å². The molecule has 0 fully saturated rings. The zero-order valence-electron chi connectivity index (χ0n) is 12.2. The molecule has 2 aromatic carbocycles. The molecule has 1 amide bonds. The average molecular weight is 308 g/mol. The molecule has 0 atom stereocenters. The number of benzene rings is 2. The molecule has 0 saturated carbocycles. The van der Waals surface area contributed by atoms with E-state index in [0.29, 0.717) is 16.8 Å². The maximum atomic E-state index is 12.5. The summed E-state index contributed by atoms with van der Waals surface area (Å²) in [5.74, 6) is -0.509. The first-order valence-corrected chi connectivity index (χ1v) is 6.89. The summed E-state index contributed by atoms with van der Waals surface area (Å²) in [4.78, 5) is 36.0. The number of carbonyl (C=O) groups excluding carboxylic acids is 2. The lowest BCUT2D eigenvalue weighted by atomic mass is 10.1. The van der Waals surface area contributed by atoms with Crippen LogP contribution in [0.25, 0.3) is 6.08 Å². The summed E-state index contributed by atoms with van der Waals surface area (Å²) in [5.41, 5.74) is 1.84. The van der Waals surface area contributed by atoms with Gasteiger partial charge >= 0.3 is 0 Å². The summed E-state index contributed by atoms with van der Waals surface area (Å²) in [6, 6.07) is 12.7. The van der Waals surface area contributed by atoms with E-state index in [1.807, 2.05) is 0 Å². The molecule has 0 bridgehead atoms. The third kappa shape index (κ3) is 2.50. The second-order valence-electron chi connectivity index (χ2n) is 5.08. The molecule has 6 nitrogen and oxygen atoms in total. The minimum Gasteiger partial charge on any atom is -0.287 e. The second-order valence-corrected chi connectivity index (χ2v) is 5.08. The molecule has 0 aromatic heterocycles. The van der Waals surface area contributed by atoms with E-state index in [-0.39, 0.29) is 23.1 Å². The van der Waals surface area contributed by atoms with Gasteiger partial charge in [0.25, 0.3) is 5.69 Å². The maximum absolute atomic E-state index is 12.5. The Balaban J connectivity index is 2.06. The minimum absolute atomic E-state index is 0.0309. The molecule has 1 aliphatic heterocycles. The van der Waals surface area contributed by atoms with E-state index in [1.165, 1.54) is 24.0 Å². The first-order chi connectivity index (χ1) is 11.0. The Morgan fingerprint density at radius 1 is 1.13 bits per heavy atom. The van der Waals surface area contributed by atoms with Gasteiger partial charge in [-0.15, -0.1) is 0 Å². The molecular weight excluding hydrogens is 296 g/mol. The van der Waals surface area contributed by atoms with Crippen molar-refractivity contribution in [2.45, 2.75) is 6.92 Å². The molecule has 0 radical (unpaired) electrons. The number of nitro groups is 1. The summed E-state index contributed by atoms with van der Waals surface area (Å²) < 4.78 is 0. The Bertz CT molecular complexity index is 853. The molecule has 0 spiro atoms. The summed E-state index contributed by atoms with van der Waals surface area (Å²) >= 11 is 0. The lowest BCUT2D eigenvalue weighted by Crippen LogP contribution is -2.25. The van der Waals surface area contributed by atoms with Crippen LogP contribution in [0.2, 0.25) is 0 Å². The number of hydrogen-bond acceptors (Lipinski definition) is 4. The third-order valence-corrected chi connectivity index (χ3v) is 3.59. The predicted molar refractivity (Wildman–Crippen MR) is 85.0 cm³/mol. The number of fused-ring (bicyclic) bond motifs is 1. The molecule has 0 N–H and O–H groups in total. The van der Waals surface area contributed by atoms with Crippen LogP contribution in [0, 0.1) is 10.1 Å². The highest BCUT2D eigenvalue weighted by atomic mass is 16.6. The molecule has 1 aliphatic rings. The van der Waals surface area contributed by atoms with E-state index >= 15 is 0 Å². The number of ketones is 1. The number of non-ortho nitro benzene ring substituents is 1. The van der Waals surface area contributed by atoms with Crippen LogP contribution in [0.1, 0.15) is 22.8 Å². The van der Waals surface area contributed by atoms with Crippen molar-refractivity contribution in [2.75, 3.05) is 4.90 Å². The summed E-state index contributed by atoms with van der Waals surface area (Å²) in [6.07, 6.45) is 1.56. The van der Waals surface area contributed by atoms with E-state index in [9.17, 15) is 19.7 Å². The molecule has 6 heteroatoms. The zero-order chi connectivity index (χ0) is 16.6. The van der Waals surface area contributed by atoms with Gasteiger partial charge in [0.1, 0.15) is 0 Å². The van der Waals surface area contributed by atoms with Crippen molar-refractivity contribution >= 4 is 29.1 Å². The Kier molecular flexibility index (Phi) is 3.50. The van der Waals surface area contributed by atoms with Crippen molar-refractivity contribution in [1.82, 2.24) is 0 Å². The molecule has 2 aromatic rings. The fraction of sp³-hybridized carbons (Fsp3) is 0.0588. The van der Waals surface area contributed by atoms with Crippen molar-refractivity contribution < 1.29 is 14.5 Å². The van der Waals surface area contributed by atoms with Crippen molar-refractivity contribution in [3.63, 3.8) is 0 Å². The first kappa shape index (κ1) is 14.6. The first-order valence-electron chi connectivity index (χ1n) is 6.89. The lowest BCUT2D eigenvalue weighted by molar-refractivity contribution is -0.384. The fourth-order valence-electron chi connectivity index (χ4n) is 2.55. The number of nitro benzene ring substituents is 1. The van der Waals surface area contributed by atoms with Gasteiger partial charge in [-0.1, -0.05) is 12.1 Å². The zero-order valence-corrected chi connectivity index (χ0v) is 12.2. The Hall–Kier alpha value is -3.28. The van der Waals surface area contributed by atoms with Crippen LogP contribution in [-0.2, 0) is 4.79 Å². The molecule has 1 heterocycles. The van der Waals surface area contributed by atoms with E-state index in [4.69, 9.17) is 0 Å². The van der Waals surface area contributed by atoms with Crippen molar-refractivity contribution in [1.29, 1.82) is 0 Å². The molecule has 114 valence electrons. The number of carbonyl (C=O) groups is 2. The topological polar surface area (TPSA) is 80.5 Å². The van der Waals surface area contributed by atoms with Crippen LogP contribution >= 0.6 is 0 Å². The van der Waals surface area contributed by atoms with Crippen LogP contribution in [0.5, 0.6) is 0 Å². The summed E-state index contributed by atoms with van der Waals surface area (Å²) in [5, 5.41) is 10.7. The van der Waals surface area contributed by atoms with Gasteiger partial charge in [-0.2, -0.15) is 0 Å². The van der Waals surface area contributed by atoms with Gasteiger partial charge in [-0.25, -0.2) is 0 Å². The van der Waals surface area contributed by atoms with Gasteiger partial charge in [0.2, 0.25) is 11.7 Å². The predicted octanol–water partition coefficient (Wildman–Crippen LogP) is 3.19. The fourth-order valence-corrected chi connectivity index (χ4v) is 2.55. The number of Topliss-reactive ketones (excluding diaryl/α,β-unsaturated/α-hetero) is 1. The highest BCUT2D eigenvalue weighted by Gasteiger charge is 2.34. The average Bonchev–Trinajstić information content (AvgIpc) is 2.81. The molecular formula is C17H12N2O4. The van der Waals surface area contributed by atoms with Gasteiger partial charge < -0.3 is 0 Å². The number of nitrogens with zero attached hydrogens (tertiary/aromatic N) is 2. The summed E-state index contributed by atoms with van der Waals surface area (Å²) in [6.45, 7) is 1.39. The Morgan fingerprint density at radius 3 is 2.39 bits per heavy atom. The number of hydrogen-bond donors (Lipinski definition) is 0. The van der Waals surface area contributed by atoms with Gasteiger partial charge in [0.15, 0.2) is 0 Å². The third-order valence-electron chi connectivity index (χ3n) is 3.59. The van der Waals surface area contributed by atoms with Crippen LogP contribution in [0.3, 0.4) is 0 Å². The van der Waals surface area contributed by atoms with Gasteiger partial charge in [-0.3, -0.25) is 24.6 Å². The largest absolute Gasteiger partial charge is 0.287 e. The van der Waals surface area contributed by atoms with E-state index < -0.39 is 4.92 Å². The molecule has 0 unspecified atom stereocenters. The number of anilines is 1.